The lowest BCUT2D eigenvalue weighted by molar-refractivity contribution is 0.350. The van der Waals surface area contributed by atoms with Crippen LogP contribution in [0.4, 0.5) is 0 Å². The number of benzene rings is 1. The van der Waals surface area contributed by atoms with Crippen molar-refractivity contribution in [3.05, 3.63) is 40.5 Å². The van der Waals surface area contributed by atoms with E-state index in [1.165, 1.54) is 0 Å². The normalized spacial score (nSPS) is 12.6. The van der Waals surface area contributed by atoms with Crippen LogP contribution in [0.2, 0.25) is 0 Å². The summed E-state index contributed by atoms with van der Waals surface area (Å²) in [5.74, 6) is 2.87. The molecule has 2 rings (SSSR count). The third-order valence-corrected chi connectivity index (χ3v) is 5.29. The zero-order valence-corrected chi connectivity index (χ0v) is 14.3. The van der Waals surface area contributed by atoms with Gasteiger partial charge in [0.1, 0.15) is 0 Å². The predicted molar refractivity (Wildman–Crippen MR) is 87.9 cm³/mol. The maximum Gasteiger partial charge on any atom is 0.243 e. The minimum atomic E-state index is -0.169. The van der Waals surface area contributed by atoms with Crippen LogP contribution in [0.1, 0.15) is 24.2 Å². The molecule has 2 aromatic rings. The van der Waals surface area contributed by atoms with Crippen molar-refractivity contribution in [2.75, 3.05) is 12.0 Å². The van der Waals surface area contributed by atoms with E-state index in [0.29, 0.717) is 17.5 Å². The third kappa shape index (κ3) is 4.51. The molecule has 4 nitrogen and oxygen atoms in total. The first kappa shape index (κ1) is 15.9. The molecular weight excluding hydrogens is 358 g/mol. The lowest BCUT2D eigenvalue weighted by Crippen LogP contribution is -2.11. The van der Waals surface area contributed by atoms with Crippen LogP contribution in [0.5, 0.6) is 0 Å². The SMILES string of the molecule is CSCC[C@@H](N)c1nc(CSc2ccccc2Br)no1. The molecule has 1 aromatic carbocycles. The van der Waals surface area contributed by atoms with Crippen LogP contribution in [-0.4, -0.2) is 22.1 Å². The number of hydrogen-bond acceptors (Lipinski definition) is 6. The van der Waals surface area contributed by atoms with E-state index in [2.05, 4.69) is 38.4 Å². The van der Waals surface area contributed by atoms with E-state index in [1.54, 1.807) is 23.5 Å². The Morgan fingerprint density at radius 3 is 2.95 bits per heavy atom. The fourth-order valence-electron chi connectivity index (χ4n) is 1.55. The Labute approximate surface area is 135 Å². The van der Waals surface area contributed by atoms with E-state index >= 15 is 0 Å². The minimum Gasteiger partial charge on any atom is -0.338 e. The van der Waals surface area contributed by atoms with E-state index in [0.717, 1.165) is 21.5 Å². The summed E-state index contributed by atoms with van der Waals surface area (Å²) >= 11 is 6.95. The quantitative estimate of drug-likeness (QED) is 0.742. The van der Waals surface area contributed by atoms with Gasteiger partial charge in [-0.2, -0.15) is 16.7 Å². The summed E-state index contributed by atoms with van der Waals surface area (Å²) in [4.78, 5) is 5.52. The van der Waals surface area contributed by atoms with Crippen LogP contribution in [-0.2, 0) is 5.75 Å². The third-order valence-electron chi connectivity index (χ3n) is 2.63. The molecule has 0 spiro atoms. The van der Waals surface area contributed by atoms with Crippen molar-refractivity contribution < 1.29 is 4.52 Å². The van der Waals surface area contributed by atoms with Crippen molar-refractivity contribution >= 4 is 39.5 Å². The van der Waals surface area contributed by atoms with Crippen LogP contribution < -0.4 is 5.73 Å². The highest BCUT2D eigenvalue weighted by molar-refractivity contribution is 9.10. The van der Waals surface area contributed by atoms with Gasteiger partial charge in [-0.15, -0.1) is 11.8 Å². The molecule has 7 heteroatoms. The Balaban J connectivity index is 1.91. The van der Waals surface area contributed by atoms with Gasteiger partial charge in [-0.3, -0.25) is 0 Å². The van der Waals surface area contributed by atoms with Crippen molar-refractivity contribution in [3.8, 4) is 0 Å². The molecule has 0 unspecified atom stereocenters. The van der Waals surface area contributed by atoms with E-state index in [9.17, 15) is 0 Å². The molecule has 1 heterocycles. The van der Waals surface area contributed by atoms with Crippen molar-refractivity contribution in [1.29, 1.82) is 0 Å². The number of halogens is 1. The fourth-order valence-corrected chi connectivity index (χ4v) is 3.45. The second kappa shape index (κ2) is 8.07. The summed E-state index contributed by atoms with van der Waals surface area (Å²) in [6.07, 6.45) is 2.90. The minimum absolute atomic E-state index is 0.169. The van der Waals surface area contributed by atoms with Gasteiger partial charge in [0.2, 0.25) is 5.89 Å². The molecule has 1 atom stereocenters. The predicted octanol–water partition coefficient (Wildman–Crippen LogP) is 3.88. The van der Waals surface area contributed by atoms with Crippen molar-refractivity contribution in [3.63, 3.8) is 0 Å². The number of aromatic nitrogens is 2. The van der Waals surface area contributed by atoms with Gasteiger partial charge in [-0.1, -0.05) is 17.3 Å². The molecule has 0 saturated carbocycles. The summed E-state index contributed by atoms with van der Waals surface area (Å²) in [5.41, 5.74) is 6.00. The molecule has 0 aliphatic carbocycles. The molecule has 20 heavy (non-hydrogen) atoms. The molecular formula is C13H16BrN3OS2. The standard InChI is InChI=1S/C13H16BrN3OS2/c1-19-7-6-10(15)13-16-12(17-18-13)8-20-11-5-3-2-4-9(11)14/h2-5,10H,6-8,15H2,1H3/t10-/m1/s1. The largest absolute Gasteiger partial charge is 0.338 e. The molecule has 0 radical (unpaired) electrons. The van der Waals surface area contributed by atoms with Crippen molar-refractivity contribution in [1.82, 2.24) is 10.1 Å². The monoisotopic (exact) mass is 373 g/mol. The highest BCUT2D eigenvalue weighted by atomic mass is 79.9. The van der Waals surface area contributed by atoms with Gasteiger partial charge in [-0.25, -0.2) is 0 Å². The second-order valence-corrected chi connectivity index (χ2v) is 7.01. The average Bonchev–Trinajstić information content (AvgIpc) is 2.93. The van der Waals surface area contributed by atoms with E-state index in [-0.39, 0.29) is 6.04 Å². The maximum absolute atomic E-state index is 6.00. The van der Waals surface area contributed by atoms with Gasteiger partial charge in [0.05, 0.1) is 11.8 Å². The Morgan fingerprint density at radius 2 is 2.20 bits per heavy atom. The van der Waals surface area contributed by atoms with E-state index in [1.807, 2.05) is 18.2 Å². The first-order valence-electron chi connectivity index (χ1n) is 6.15. The van der Waals surface area contributed by atoms with Crippen LogP contribution in [0.15, 0.2) is 38.2 Å². The Bertz CT molecular complexity index is 550. The molecule has 0 saturated heterocycles. The van der Waals surface area contributed by atoms with Gasteiger partial charge in [-0.05, 0) is 46.5 Å². The van der Waals surface area contributed by atoms with Crippen LogP contribution >= 0.6 is 39.5 Å². The number of nitrogens with zero attached hydrogens (tertiary/aromatic N) is 2. The molecule has 1 aromatic heterocycles. The molecule has 0 fully saturated rings. The topological polar surface area (TPSA) is 64.9 Å². The van der Waals surface area contributed by atoms with Gasteiger partial charge in [0.15, 0.2) is 5.82 Å². The summed E-state index contributed by atoms with van der Waals surface area (Å²) < 4.78 is 6.30. The first-order valence-corrected chi connectivity index (χ1v) is 9.32. The van der Waals surface area contributed by atoms with E-state index < -0.39 is 0 Å². The average molecular weight is 374 g/mol. The fraction of sp³-hybridized carbons (Fsp3) is 0.385. The highest BCUT2D eigenvalue weighted by Gasteiger charge is 2.14. The molecule has 0 bridgehead atoms. The molecule has 0 aliphatic heterocycles. The number of hydrogen-bond donors (Lipinski definition) is 1. The number of nitrogens with two attached hydrogens (primary N) is 1. The molecule has 2 N–H and O–H groups in total. The summed E-state index contributed by atoms with van der Waals surface area (Å²) in [7, 11) is 0. The smallest absolute Gasteiger partial charge is 0.243 e. The summed E-state index contributed by atoms with van der Waals surface area (Å²) in [6.45, 7) is 0. The molecule has 0 amide bonds. The van der Waals surface area contributed by atoms with Crippen LogP contribution in [0.3, 0.4) is 0 Å². The van der Waals surface area contributed by atoms with Crippen LogP contribution in [0, 0.1) is 0 Å². The van der Waals surface area contributed by atoms with Crippen molar-refractivity contribution in [2.45, 2.75) is 23.1 Å². The molecule has 0 aliphatic rings. The maximum atomic E-state index is 6.00. The van der Waals surface area contributed by atoms with Crippen LogP contribution in [0.25, 0.3) is 0 Å². The Kier molecular flexibility index (Phi) is 6.41. The number of rotatable bonds is 7. The summed E-state index contributed by atoms with van der Waals surface area (Å²) in [5, 5.41) is 3.98. The van der Waals surface area contributed by atoms with Gasteiger partial charge in [0.25, 0.3) is 0 Å². The second-order valence-electron chi connectivity index (χ2n) is 4.16. The first-order chi connectivity index (χ1) is 9.70. The van der Waals surface area contributed by atoms with Crippen molar-refractivity contribution in [2.24, 2.45) is 5.73 Å². The zero-order chi connectivity index (χ0) is 14.4. The highest BCUT2D eigenvalue weighted by Crippen LogP contribution is 2.29. The van der Waals surface area contributed by atoms with Gasteiger partial charge in [0, 0.05) is 9.37 Å². The molecule has 108 valence electrons. The van der Waals surface area contributed by atoms with Gasteiger partial charge >= 0.3 is 0 Å². The lowest BCUT2D eigenvalue weighted by atomic mass is 10.2. The Hall–Kier alpha value is -0.500. The Morgan fingerprint density at radius 1 is 1.40 bits per heavy atom. The zero-order valence-electron chi connectivity index (χ0n) is 11.1. The number of thioether (sulfide) groups is 2. The van der Waals surface area contributed by atoms with E-state index in [4.69, 9.17) is 10.3 Å². The summed E-state index contributed by atoms with van der Waals surface area (Å²) in [6, 6.07) is 7.90. The lowest BCUT2D eigenvalue weighted by Gasteiger charge is -2.03. The van der Waals surface area contributed by atoms with Gasteiger partial charge < -0.3 is 10.3 Å².